The van der Waals surface area contributed by atoms with E-state index in [1.54, 1.807) is 0 Å². The third-order valence-corrected chi connectivity index (χ3v) is 11.6. The summed E-state index contributed by atoms with van der Waals surface area (Å²) in [6.45, 7) is 20.8. The van der Waals surface area contributed by atoms with Crippen molar-refractivity contribution >= 4 is 18.0 Å². The molecule has 0 aliphatic carbocycles. The minimum absolute atomic E-state index is 0. The van der Waals surface area contributed by atoms with Gasteiger partial charge in [0.05, 0.1) is 10.3 Å². The van der Waals surface area contributed by atoms with Gasteiger partial charge in [-0.05, 0) is 60.6 Å². The van der Waals surface area contributed by atoms with E-state index < -0.39 is 18.0 Å². The average Bonchev–Trinajstić information content (AvgIpc) is 2.32. The smallest absolute Gasteiger partial charge is 0.299 e. The summed E-state index contributed by atoms with van der Waals surface area (Å²) >= 11 is 0. The van der Waals surface area contributed by atoms with Crippen molar-refractivity contribution < 1.29 is 33.4 Å². The molecule has 1 unspecified atom stereocenters. The zero-order chi connectivity index (χ0) is 20.3. The van der Waals surface area contributed by atoms with Crippen LogP contribution in [0.2, 0.25) is 0 Å². The zero-order valence-corrected chi connectivity index (χ0v) is 22.2. The first-order chi connectivity index (χ1) is 10.9. The molecule has 1 heterocycles. The van der Waals surface area contributed by atoms with Gasteiger partial charge in [0, 0.05) is 45.1 Å². The molecule has 7 heteroatoms. The zero-order valence-electron chi connectivity index (χ0n) is 18.9. The fourth-order valence-corrected chi connectivity index (χ4v) is 10.1. The summed E-state index contributed by atoms with van der Waals surface area (Å²) in [7, 11) is -5.19. The molecule has 1 aromatic rings. The SMILES string of the molecule is CC(C)(C)[PH+](CS(=O)(=O)O)C(C)(C)C(C)(C)C.Cc1cccc(C)n1.[CH3-].[Pd]. The monoisotopic (exact) mass is 511 g/mol. The van der Waals surface area contributed by atoms with Crippen molar-refractivity contribution in [2.45, 2.75) is 79.5 Å². The molecule has 1 atom stereocenters. The molecule has 0 spiro atoms. The van der Waals surface area contributed by atoms with Crippen LogP contribution < -0.4 is 0 Å². The Balaban J connectivity index is -0.000000485. The Labute approximate surface area is 183 Å². The van der Waals surface area contributed by atoms with Crippen LogP contribution in [0.1, 0.15) is 66.8 Å². The second kappa shape index (κ2) is 11.4. The minimum atomic E-state index is -3.90. The Morgan fingerprint density at radius 2 is 1.33 bits per heavy atom. The molecule has 1 N–H and O–H groups in total. The first kappa shape index (κ1) is 31.8. The van der Waals surface area contributed by atoms with E-state index in [2.05, 4.69) is 60.4 Å². The Morgan fingerprint density at radius 3 is 1.52 bits per heavy atom. The van der Waals surface area contributed by atoms with Crippen molar-refractivity contribution in [1.82, 2.24) is 4.98 Å². The first-order valence-electron chi connectivity index (χ1n) is 8.60. The number of aromatic nitrogens is 1. The minimum Gasteiger partial charge on any atom is -0.358 e. The van der Waals surface area contributed by atoms with E-state index in [9.17, 15) is 13.0 Å². The largest absolute Gasteiger partial charge is 0.358 e. The van der Waals surface area contributed by atoms with Gasteiger partial charge in [-0.2, -0.15) is 8.42 Å². The maximum absolute atomic E-state index is 11.2. The van der Waals surface area contributed by atoms with Crippen molar-refractivity contribution in [3.05, 3.63) is 37.0 Å². The number of rotatable bonds is 3. The van der Waals surface area contributed by atoms with E-state index in [4.69, 9.17) is 0 Å². The number of pyridine rings is 1. The molecule has 0 saturated heterocycles. The maximum atomic E-state index is 11.2. The molecule has 4 nitrogen and oxygen atoms in total. The van der Waals surface area contributed by atoms with Gasteiger partial charge >= 0.3 is 0 Å². The quantitative estimate of drug-likeness (QED) is 0.240. The van der Waals surface area contributed by atoms with E-state index in [0.29, 0.717) is 0 Å². The van der Waals surface area contributed by atoms with Crippen molar-refractivity contribution in [1.29, 1.82) is 0 Å². The van der Waals surface area contributed by atoms with Crippen molar-refractivity contribution in [2.75, 3.05) is 5.49 Å². The van der Waals surface area contributed by atoms with Crippen LogP contribution in [0.3, 0.4) is 0 Å². The number of hydrogen-bond acceptors (Lipinski definition) is 3. The van der Waals surface area contributed by atoms with E-state index in [-0.39, 0.29) is 49.1 Å². The van der Waals surface area contributed by atoms with E-state index in [0.717, 1.165) is 11.4 Å². The molecule has 1 rings (SSSR count). The van der Waals surface area contributed by atoms with E-state index in [1.165, 1.54) is 0 Å². The Morgan fingerprint density at radius 1 is 0.963 bits per heavy atom. The van der Waals surface area contributed by atoms with E-state index >= 15 is 0 Å². The van der Waals surface area contributed by atoms with Crippen molar-refractivity contribution in [3.63, 3.8) is 0 Å². The third kappa shape index (κ3) is 11.7. The predicted molar refractivity (Wildman–Crippen MR) is 118 cm³/mol. The number of nitrogens with zero attached hydrogens (tertiary/aromatic N) is 1. The van der Waals surface area contributed by atoms with Gasteiger partial charge in [-0.15, -0.1) is 0 Å². The van der Waals surface area contributed by atoms with Gasteiger partial charge < -0.3 is 7.43 Å². The molecule has 0 amide bonds. The van der Waals surface area contributed by atoms with Gasteiger partial charge in [-0.3, -0.25) is 9.54 Å². The third-order valence-electron chi connectivity index (χ3n) is 4.89. The average molecular weight is 512 g/mol. The number of aryl methyl sites for hydroxylation is 2. The van der Waals surface area contributed by atoms with Crippen LogP contribution in [0.25, 0.3) is 0 Å². The van der Waals surface area contributed by atoms with Crippen molar-refractivity contribution in [2.24, 2.45) is 5.41 Å². The summed E-state index contributed by atoms with van der Waals surface area (Å²) in [5.41, 5.74) is 2.11. The standard InChI is InChI=1S/C12H27O3PS.C7H9N.CH3.Pd/c1-10(2,3)12(7,8)16(11(4,5)6)9-17(13,14)15;1-6-4-3-5-7(2)8-6;;/h9H2,1-8H3,(H,13,14,15);3-5H,1-2H3;1H3;/q;;-1;/p+1. The van der Waals surface area contributed by atoms with Crippen LogP contribution in [0, 0.1) is 26.7 Å². The Kier molecular flexibility index (Phi) is 13.4. The topological polar surface area (TPSA) is 67.3 Å². The van der Waals surface area contributed by atoms with Gasteiger partial charge in [0.2, 0.25) is 0 Å². The summed E-state index contributed by atoms with van der Waals surface area (Å²) in [6.07, 6.45) is 0. The Bertz CT molecular complexity index is 645. The molecule has 0 radical (unpaired) electrons. The van der Waals surface area contributed by atoms with Crippen LogP contribution in [-0.2, 0) is 30.5 Å². The molecule has 27 heavy (non-hydrogen) atoms. The summed E-state index contributed by atoms with van der Waals surface area (Å²) < 4.78 is 31.7. The van der Waals surface area contributed by atoms with Gasteiger partial charge in [-0.25, -0.2) is 0 Å². The first-order valence-corrected chi connectivity index (χ1v) is 11.9. The molecule has 164 valence electrons. The fourth-order valence-electron chi connectivity index (χ4n) is 2.65. The second-order valence-electron chi connectivity index (χ2n) is 9.25. The molecule has 0 fully saturated rings. The molecule has 0 aliphatic heterocycles. The normalized spacial score (nSPS) is 13.4. The summed E-state index contributed by atoms with van der Waals surface area (Å²) in [5.74, 6) is 0. The molecule has 0 bridgehead atoms. The molecular weight excluding hydrogens is 472 g/mol. The summed E-state index contributed by atoms with van der Waals surface area (Å²) in [6, 6.07) is 6.00. The van der Waals surface area contributed by atoms with Crippen LogP contribution in [0.4, 0.5) is 0 Å². The molecule has 0 aliphatic rings. The van der Waals surface area contributed by atoms with E-state index in [1.807, 2.05) is 32.0 Å². The fraction of sp³-hybridized carbons (Fsp3) is 0.700. The molecule has 0 aromatic carbocycles. The summed E-state index contributed by atoms with van der Waals surface area (Å²) in [5, 5.41) is -0.164. The molecular formula is C20H40NO3PPdS. The van der Waals surface area contributed by atoms with Gasteiger partial charge in [0.25, 0.3) is 10.1 Å². The molecule has 1 aromatic heterocycles. The Hall–Kier alpha value is 0.152. The van der Waals surface area contributed by atoms with Crippen LogP contribution in [0.15, 0.2) is 18.2 Å². The summed E-state index contributed by atoms with van der Waals surface area (Å²) in [4.78, 5) is 4.17. The van der Waals surface area contributed by atoms with Crippen molar-refractivity contribution in [3.8, 4) is 0 Å². The van der Waals surface area contributed by atoms with Crippen LogP contribution >= 0.6 is 7.92 Å². The number of hydrogen-bond donors (Lipinski definition) is 1. The molecule has 0 saturated carbocycles. The maximum Gasteiger partial charge on any atom is 0.299 e. The van der Waals surface area contributed by atoms with Gasteiger partial charge in [0.1, 0.15) is 0 Å². The van der Waals surface area contributed by atoms with Gasteiger partial charge in [-0.1, -0.05) is 26.8 Å². The van der Waals surface area contributed by atoms with Crippen LogP contribution in [0.5, 0.6) is 0 Å². The van der Waals surface area contributed by atoms with Crippen LogP contribution in [-0.4, -0.2) is 33.8 Å². The second-order valence-corrected chi connectivity index (χ2v) is 15.3. The van der Waals surface area contributed by atoms with Gasteiger partial charge in [0.15, 0.2) is 5.49 Å². The predicted octanol–water partition coefficient (Wildman–Crippen LogP) is 5.82.